The minimum absolute atomic E-state index is 0.0156. The molecule has 2 rings (SSSR count). The molecule has 0 saturated carbocycles. The van der Waals surface area contributed by atoms with Gasteiger partial charge in [-0.05, 0) is 38.0 Å². The number of sulfone groups is 1. The summed E-state index contributed by atoms with van der Waals surface area (Å²) in [6.45, 7) is 6.49. The molecule has 25 heavy (non-hydrogen) atoms. The molecule has 0 saturated heterocycles. The van der Waals surface area contributed by atoms with Crippen molar-refractivity contribution < 1.29 is 16.8 Å². The predicted molar refractivity (Wildman–Crippen MR) is 95.6 cm³/mol. The fourth-order valence-corrected chi connectivity index (χ4v) is 5.32. The van der Waals surface area contributed by atoms with Crippen molar-refractivity contribution in [1.82, 2.24) is 14.5 Å². The Morgan fingerprint density at radius 3 is 2.24 bits per heavy atom. The standard InChI is InChI=1S/C16H23N3O4S2/c1-12(11-19-14(3)9-13(2)18-19)10-17-25(22,23)16-8-6-5-7-15(16)24(4,20)21/h5-9,12,17H,10-11H2,1-4H3. The number of aryl methyl sites for hydroxylation is 2. The molecule has 0 bridgehead atoms. The van der Waals surface area contributed by atoms with Crippen LogP contribution in [-0.4, -0.2) is 39.4 Å². The lowest BCUT2D eigenvalue weighted by atomic mass is 10.2. The van der Waals surface area contributed by atoms with Crippen molar-refractivity contribution >= 4 is 19.9 Å². The van der Waals surface area contributed by atoms with Crippen LogP contribution < -0.4 is 4.72 Å². The zero-order chi connectivity index (χ0) is 18.8. The van der Waals surface area contributed by atoms with Gasteiger partial charge < -0.3 is 0 Å². The Bertz CT molecular complexity index is 963. The molecular weight excluding hydrogens is 362 g/mol. The Morgan fingerprint density at radius 2 is 1.72 bits per heavy atom. The van der Waals surface area contributed by atoms with Crippen LogP contribution >= 0.6 is 0 Å². The number of sulfonamides is 1. The van der Waals surface area contributed by atoms with Crippen molar-refractivity contribution in [3.05, 3.63) is 41.7 Å². The first-order valence-electron chi connectivity index (χ1n) is 7.80. The van der Waals surface area contributed by atoms with E-state index in [9.17, 15) is 16.8 Å². The van der Waals surface area contributed by atoms with E-state index < -0.39 is 19.9 Å². The first-order chi connectivity index (χ1) is 11.5. The van der Waals surface area contributed by atoms with Crippen molar-refractivity contribution in [2.45, 2.75) is 37.1 Å². The molecule has 1 heterocycles. The van der Waals surface area contributed by atoms with Gasteiger partial charge in [-0.2, -0.15) is 5.10 Å². The van der Waals surface area contributed by atoms with Crippen molar-refractivity contribution in [1.29, 1.82) is 0 Å². The van der Waals surface area contributed by atoms with Gasteiger partial charge in [0.05, 0.1) is 10.6 Å². The summed E-state index contributed by atoms with van der Waals surface area (Å²) >= 11 is 0. The van der Waals surface area contributed by atoms with Crippen LogP contribution in [0.3, 0.4) is 0 Å². The van der Waals surface area contributed by atoms with Crippen LogP contribution in [0.2, 0.25) is 0 Å². The lowest BCUT2D eigenvalue weighted by Crippen LogP contribution is -2.31. The number of rotatable bonds is 7. The van der Waals surface area contributed by atoms with Crippen LogP contribution in [0, 0.1) is 19.8 Å². The summed E-state index contributed by atoms with van der Waals surface area (Å²) in [5, 5.41) is 4.36. The summed E-state index contributed by atoms with van der Waals surface area (Å²) in [7, 11) is -7.57. The van der Waals surface area contributed by atoms with Crippen LogP contribution in [0.1, 0.15) is 18.3 Å². The van der Waals surface area contributed by atoms with Crippen molar-refractivity contribution in [3.8, 4) is 0 Å². The maximum atomic E-state index is 12.5. The molecule has 7 nitrogen and oxygen atoms in total. The van der Waals surface area contributed by atoms with Gasteiger partial charge in [-0.25, -0.2) is 21.6 Å². The highest BCUT2D eigenvalue weighted by atomic mass is 32.2. The molecule has 1 atom stereocenters. The van der Waals surface area contributed by atoms with E-state index in [2.05, 4.69) is 9.82 Å². The molecule has 138 valence electrons. The van der Waals surface area contributed by atoms with Gasteiger partial charge in [0, 0.05) is 25.0 Å². The highest BCUT2D eigenvalue weighted by molar-refractivity contribution is 7.93. The maximum absolute atomic E-state index is 12.5. The average Bonchev–Trinajstić information content (AvgIpc) is 2.82. The first kappa shape index (κ1) is 19.6. The third kappa shape index (κ3) is 4.90. The van der Waals surface area contributed by atoms with Crippen LogP contribution in [0.5, 0.6) is 0 Å². The number of benzene rings is 1. The fourth-order valence-electron chi connectivity index (χ4n) is 2.53. The molecule has 1 unspecified atom stereocenters. The molecule has 0 fully saturated rings. The Balaban J connectivity index is 2.14. The number of hydrogen-bond donors (Lipinski definition) is 1. The zero-order valence-electron chi connectivity index (χ0n) is 14.7. The molecule has 0 spiro atoms. The van der Waals surface area contributed by atoms with Gasteiger partial charge in [0.2, 0.25) is 10.0 Å². The molecule has 0 aliphatic carbocycles. The van der Waals surface area contributed by atoms with Gasteiger partial charge in [0.25, 0.3) is 0 Å². The lowest BCUT2D eigenvalue weighted by molar-refractivity contribution is 0.436. The minimum Gasteiger partial charge on any atom is -0.269 e. The number of nitrogens with zero attached hydrogens (tertiary/aromatic N) is 2. The van der Waals surface area contributed by atoms with E-state index in [1.165, 1.54) is 24.3 Å². The van der Waals surface area contributed by atoms with E-state index in [0.717, 1.165) is 17.6 Å². The van der Waals surface area contributed by atoms with Crippen LogP contribution in [-0.2, 0) is 26.4 Å². The summed E-state index contributed by atoms with van der Waals surface area (Å²) < 4.78 is 53.0. The Kier molecular flexibility index (Phi) is 5.70. The first-order valence-corrected chi connectivity index (χ1v) is 11.2. The van der Waals surface area contributed by atoms with E-state index in [0.29, 0.717) is 6.54 Å². The van der Waals surface area contributed by atoms with Gasteiger partial charge in [-0.1, -0.05) is 19.1 Å². The van der Waals surface area contributed by atoms with Gasteiger partial charge >= 0.3 is 0 Å². The quantitative estimate of drug-likeness (QED) is 0.779. The lowest BCUT2D eigenvalue weighted by Gasteiger charge is -2.15. The molecule has 0 radical (unpaired) electrons. The molecule has 0 aliphatic heterocycles. The smallest absolute Gasteiger partial charge is 0.241 e. The average molecular weight is 386 g/mol. The van der Waals surface area contributed by atoms with E-state index in [-0.39, 0.29) is 22.3 Å². The van der Waals surface area contributed by atoms with Gasteiger partial charge in [-0.3, -0.25) is 4.68 Å². The molecule has 2 aromatic rings. The molecule has 9 heteroatoms. The van der Waals surface area contributed by atoms with Crippen LogP contribution in [0.15, 0.2) is 40.1 Å². The Morgan fingerprint density at radius 1 is 1.12 bits per heavy atom. The molecule has 0 amide bonds. The minimum atomic E-state index is -3.93. The Labute approximate surface area is 149 Å². The summed E-state index contributed by atoms with van der Waals surface area (Å²) in [6.07, 6.45) is 0.993. The topological polar surface area (TPSA) is 98.1 Å². The van der Waals surface area contributed by atoms with Crippen molar-refractivity contribution in [3.63, 3.8) is 0 Å². The second kappa shape index (κ2) is 7.27. The third-order valence-corrected chi connectivity index (χ3v) is 6.51. The van der Waals surface area contributed by atoms with E-state index in [1.807, 2.05) is 31.5 Å². The second-order valence-corrected chi connectivity index (χ2v) is 10.0. The van der Waals surface area contributed by atoms with Crippen LogP contribution in [0.4, 0.5) is 0 Å². The van der Waals surface area contributed by atoms with E-state index >= 15 is 0 Å². The number of nitrogens with one attached hydrogen (secondary N) is 1. The molecule has 1 N–H and O–H groups in total. The molecular formula is C16H23N3O4S2. The summed E-state index contributed by atoms with van der Waals surface area (Å²) in [5.74, 6) is -0.0156. The SMILES string of the molecule is Cc1cc(C)n(CC(C)CNS(=O)(=O)c2ccccc2S(C)(=O)=O)n1. The Hall–Kier alpha value is -1.71. The highest BCUT2D eigenvalue weighted by Gasteiger charge is 2.23. The van der Waals surface area contributed by atoms with E-state index in [1.54, 1.807) is 0 Å². The van der Waals surface area contributed by atoms with Crippen molar-refractivity contribution in [2.24, 2.45) is 5.92 Å². The summed E-state index contributed by atoms with van der Waals surface area (Å²) in [4.78, 5) is -0.426. The second-order valence-electron chi connectivity index (χ2n) is 6.29. The maximum Gasteiger partial charge on any atom is 0.241 e. The summed E-state index contributed by atoms with van der Waals surface area (Å²) in [6, 6.07) is 7.55. The van der Waals surface area contributed by atoms with Gasteiger partial charge in [-0.15, -0.1) is 0 Å². The van der Waals surface area contributed by atoms with Gasteiger partial charge in [0.15, 0.2) is 9.84 Å². The largest absolute Gasteiger partial charge is 0.269 e. The molecule has 1 aromatic heterocycles. The van der Waals surface area contributed by atoms with E-state index in [4.69, 9.17) is 0 Å². The number of aromatic nitrogens is 2. The number of hydrogen-bond acceptors (Lipinski definition) is 5. The van der Waals surface area contributed by atoms with Gasteiger partial charge in [0.1, 0.15) is 4.90 Å². The highest BCUT2D eigenvalue weighted by Crippen LogP contribution is 2.20. The molecule has 0 aliphatic rings. The zero-order valence-corrected chi connectivity index (χ0v) is 16.4. The fraction of sp³-hybridized carbons (Fsp3) is 0.438. The summed E-state index contributed by atoms with van der Waals surface area (Å²) in [5.41, 5.74) is 1.92. The van der Waals surface area contributed by atoms with Crippen molar-refractivity contribution in [2.75, 3.05) is 12.8 Å². The normalized spacial score (nSPS) is 13.8. The third-order valence-electron chi connectivity index (χ3n) is 3.75. The predicted octanol–water partition coefficient (Wildman–Crippen LogP) is 1.52. The monoisotopic (exact) mass is 385 g/mol. The van der Waals surface area contributed by atoms with Crippen LogP contribution in [0.25, 0.3) is 0 Å². The molecule has 1 aromatic carbocycles.